The first kappa shape index (κ1) is 10.9. The summed E-state index contributed by atoms with van der Waals surface area (Å²) in [5, 5.41) is 3.50. The van der Waals surface area contributed by atoms with Crippen LogP contribution < -0.4 is 5.32 Å². The highest BCUT2D eigenvalue weighted by atomic mass is 16.5. The summed E-state index contributed by atoms with van der Waals surface area (Å²) in [7, 11) is 0. The molecule has 3 nitrogen and oxygen atoms in total. The minimum absolute atomic E-state index is 0.0758. The molecule has 3 unspecified atom stereocenters. The van der Waals surface area contributed by atoms with E-state index in [0.717, 1.165) is 18.4 Å². The second-order valence-electron chi connectivity index (χ2n) is 4.79. The lowest BCUT2D eigenvalue weighted by Gasteiger charge is -2.22. The Morgan fingerprint density at radius 1 is 1.40 bits per heavy atom. The molecule has 2 aliphatic carbocycles. The van der Waals surface area contributed by atoms with Gasteiger partial charge in [0.2, 0.25) is 0 Å². The molecular weight excluding hydrogens is 190 g/mol. The van der Waals surface area contributed by atoms with Gasteiger partial charge in [-0.1, -0.05) is 6.42 Å². The standard InChI is InChI=1S/C12H21NO2/c1-2-15-12(14)5-6-13-11-8-9-3-4-10(11)7-9/h9-11,13H,2-8H2,1H3. The van der Waals surface area contributed by atoms with Crippen molar-refractivity contribution in [3.63, 3.8) is 0 Å². The molecule has 0 aromatic carbocycles. The van der Waals surface area contributed by atoms with Gasteiger partial charge in [0.05, 0.1) is 13.0 Å². The molecule has 0 saturated heterocycles. The molecule has 0 aromatic rings. The molecule has 86 valence electrons. The van der Waals surface area contributed by atoms with E-state index in [4.69, 9.17) is 4.74 Å². The molecule has 0 heterocycles. The zero-order valence-corrected chi connectivity index (χ0v) is 9.50. The Bertz CT molecular complexity index is 230. The van der Waals surface area contributed by atoms with Gasteiger partial charge in [0.1, 0.15) is 0 Å². The molecule has 3 heteroatoms. The van der Waals surface area contributed by atoms with Gasteiger partial charge >= 0.3 is 5.97 Å². The number of rotatable bonds is 5. The van der Waals surface area contributed by atoms with Crippen molar-refractivity contribution < 1.29 is 9.53 Å². The number of ether oxygens (including phenoxy) is 1. The average molecular weight is 211 g/mol. The molecule has 0 spiro atoms. The van der Waals surface area contributed by atoms with Gasteiger partial charge in [0, 0.05) is 12.6 Å². The Balaban J connectivity index is 1.60. The highest BCUT2D eigenvalue weighted by molar-refractivity contribution is 5.69. The summed E-state index contributed by atoms with van der Waals surface area (Å²) >= 11 is 0. The van der Waals surface area contributed by atoms with Gasteiger partial charge in [-0.3, -0.25) is 4.79 Å². The van der Waals surface area contributed by atoms with Crippen LogP contribution in [0.1, 0.15) is 39.0 Å². The van der Waals surface area contributed by atoms with Crippen molar-refractivity contribution in [2.75, 3.05) is 13.2 Å². The first-order chi connectivity index (χ1) is 7.29. The lowest BCUT2D eigenvalue weighted by Crippen LogP contribution is -2.35. The van der Waals surface area contributed by atoms with Crippen LogP contribution in [0.4, 0.5) is 0 Å². The van der Waals surface area contributed by atoms with Gasteiger partial charge in [0.15, 0.2) is 0 Å². The van der Waals surface area contributed by atoms with Crippen molar-refractivity contribution in [1.82, 2.24) is 5.32 Å². The number of nitrogens with one attached hydrogen (secondary N) is 1. The number of hydrogen-bond acceptors (Lipinski definition) is 3. The van der Waals surface area contributed by atoms with Crippen LogP contribution in [0.25, 0.3) is 0 Å². The van der Waals surface area contributed by atoms with Crippen molar-refractivity contribution >= 4 is 5.97 Å². The SMILES string of the molecule is CCOC(=O)CCNC1CC2CCC1C2. The molecule has 2 rings (SSSR count). The van der Waals surface area contributed by atoms with Crippen molar-refractivity contribution in [3.8, 4) is 0 Å². The molecule has 2 aliphatic rings. The summed E-state index contributed by atoms with van der Waals surface area (Å²) in [6, 6.07) is 0.679. The summed E-state index contributed by atoms with van der Waals surface area (Å²) in [5.41, 5.74) is 0. The van der Waals surface area contributed by atoms with Gasteiger partial charge in [0.25, 0.3) is 0 Å². The van der Waals surface area contributed by atoms with Crippen LogP contribution >= 0.6 is 0 Å². The zero-order valence-electron chi connectivity index (χ0n) is 9.50. The highest BCUT2D eigenvalue weighted by Crippen LogP contribution is 2.44. The molecule has 2 bridgehead atoms. The van der Waals surface area contributed by atoms with Gasteiger partial charge < -0.3 is 10.1 Å². The number of fused-ring (bicyclic) bond motifs is 2. The number of carbonyl (C=O) groups excluding carboxylic acids is 1. The number of hydrogen-bond donors (Lipinski definition) is 1. The maximum absolute atomic E-state index is 11.1. The maximum Gasteiger partial charge on any atom is 0.307 e. The van der Waals surface area contributed by atoms with E-state index in [0.29, 0.717) is 19.1 Å². The molecule has 2 saturated carbocycles. The van der Waals surface area contributed by atoms with Gasteiger partial charge in [-0.05, 0) is 38.0 Å². The van der Waals surface area contributed by atoms with Gasteiger partial charge in [-0.15, -0.1) is 0 Å². The summed E-state index contributed by atoms with van der Waals surface area (Å²) in [6.45, 7) is 3.13. The largest absolute Gasteiger partial charge is 0.466 e. The van der Waals surface area contributed by atoms with E-state index < -0.39 is 0 Å². The van der Waals surface area contributed by atoms with Crippen molar-refractivity contribution in [2.24, 2.45) is 11.8 Å². The highest BCUT2D eigenvalue weighted by Gasteiger charge is 2.38. The fourth-order valence-electron chi connectivity index (χ4n) is 3.09. The zero-order chi connectivity index (χ0) is 10.7. The van der Waals surface area contributed by atoms with Crippen LogP contribution in [0.3, 0.4) is 0 Å². The smallest absolute Gasteiger partial charge is 0.307 e. The first-order valence-electron chi connectivity index (χ1n) is 6.18. The fourth-order valence-corrected chi connectivity index (χ4v) is 3.09. The Morgan fingerprint density at radius 3 is 2.87 bits per heavy atom. The Kier molecular flexibility index (Phi) is 3.62. The van der Waals surface area contributed by atoms with Crippen LogP contribution in [0.2, 0.25) is 0 Å². The Hall–Kier alpha value is -0.570. The van der Waals surface area contributed by atoms with E-state index in [1.807, 2.05) is 6.92 Å². The monoisotopic (exact) mass is 211 g/mol. The van der Waals surface area contributed by atoms with Crippen LogP contribution in [0.15, 0.2) is 0 Å². The lowest BCUT2D eigenvalue weighted by atomic mass is 9.95. The molecule has 0 aliphatic heterocycles. The predicted molar refractivity (Wildman–Crippen MR) is 58.5 cm³/mol. The third kappa shape index (κ3) is 2.71. The van der Waals surface area contributed by atoms with Crippen molar-refractivity contribution in [1.29, 1.82) is 0 Å². The Morgan fingerprint density at radius 2 is 2.27 bits per heavy atom. The van der Waals surface area contributed by atoms with Crippen LogP contribution in [0.5, 0.6) is 0 Å². The molecule has 0 radical (unpaired) electrons. The first-order valence-corrected chi connectivity index (χ1v) is 6.18. The molecule has 1 N–H and O–H groups in total. The van der Waals surface area contributed by atoms with Gasteiger partial charge in [-0.2, -0.15) is 0 Å². The normalized spacial score (nSPS) is 33.3. The topological polar surface area (TPSA) is 38.3 Å². The van der Waals surface area contributed by atoms with E-state index in [9.17, 15) is 4.79 Å². The average Bonchev–Trinajstić information content (AvgIpc) is 2.79. The third-order valence-electron chi connectivity index (χ3n) is 3.78. The van der Waals surface area contributed by atoms with Crippen LogP contribution in [-0.2, 0) is 9.53 Å². The molecular formula is C12H21NO2. The van der Waals surface area contributed by atoms with E-state index in [2.05, 4.69) is 5.32 Å². The molecule has 2 fully saturated rings. The van der Waals surface area contributed by atoms with Crippen LogP contribution in [-0.4, -0.2) is 25.2 Å². The van der Waals surface area contributed by atoms with E-state index in [1.54, 1.807) is 0 Å². The second-order valence-corrected chi connectivity index (χ2v) is 4.79. The molecule has 3 atom stereocenters. The van der Waals surface area contributed by atoms with E-state index in [1.165, 1.54) is 25.7 Å². The third-order valence-corrected chi connectivity index (χ3v) is 3.78. The lowest BCUT2D eigenvalue weighted by molar-refractivity contribution is -0.143. The molecule has 0 amide bonds. The molecule has 15 heavy (non-hydrogen) atoms. The summed E-state index contributed by atoms with van der Waals surface area (Å²) in [5.74, 6) is 1.78. The quantitative estimate of drug-likeness (QED) is 0.704. The van der Waals surface area contributed by atoms with E-state index in [-0.39, 0.29) is 5.97 Å². The maximum atomic E-state index is 11.1. The summed E-state index contributed by atoms with van der Waals surface area (Å²) in [6.07, 6.45) is 6.08. The number of carbonyl (C=O) groups is 1. The number of esters is 1. The van der Waals surface area contributed by atoms with E-state index >= 15 is 0 Å². The van der Waals surface area contributed by atoms with Crippen molar-refractivity contribution in [3.05, 3.63) is 0 Å². The minimum atomic E-state index is -0.0758. The fraction of sp³-hybridized carbons (Fsp3) is 0.917. The second kappa shape index (κ2) is 4.97. The molecule has 0 aromatic heterocycles. The minimum Gasteiger partial charge on any atom is -0.466 e. The Labute approximate surface area is 91.6 Å². The predicted octanol–water partition coefficient (Wildman–Crippen LogP) is 1.72. The summed E-state index contributed by atoms with van der Waals surface area (Å²) in [4.78, 5) is 11.1. The van der Waals surface area contributed by atoms with Gasteiger partial charge in [-0.25, -0.2) is 0 Å². The summed E-state index contributed by atoms with van der Waals surface area (Å²) < 4.78 is 4.89. The van der Waals surface area contributed by atoms with Crippen LogP contribution in [0, 0.1) is 11.8 Å². The van der Waals surface area contributed by atoms with Crippen molar-refractivity contribution in [2.45, 2.75) is 45.1 Å².